The average molecular weight is 564 g/mol. The van der Waals surface area contributed by atoms with E-state index in [0.717, 1.165) is 0 Å². The highest BCUT2D eigenvalue weighted by Gasteiger charge is 2.63. The normalized spacial score (nSPS) is 25.5. The Kier molecular flexibility index (Phi) is 6.72. The minimum absolute atomic E-state index is 0.0208. The van der Waals surface area contributed by atoms with Crippen molar-refractivity contribution in [2.24, 2.45) is 17.6 Å². The number of nitrogens with one attached hydrogen (secondary N) is 1. The van der Waals surface area contributed by atoms with E-state index in [9.17, 15) is 39.6 Å². The molecule has 214 valence electrons. The van der Waals surface area contributed by atoms with Gasteiger partial charge < -0.3 is 36.6 Å². The van der Waals surface area contributed by atoms with Gasteiger partial charge in [-0.15, -0.1) is 0 Å². The van der Waals surface area contributed by atoms with Crippen LogP contribution in [0.3, 0.4) is 0 Å². The molecule has 12 nitrogen and oxygen atoms in total. The summed E-state index contributed by atoms with van der Waals surface area (Å²) in [6.07, 6.45) is 0.119. The Morgan fingerprint density at radius 3 is 2.32 bits per heavy atom. The van der Waals surface area contributed by atoms with Gasteiger partial charge in [-0.05, 0) is 67.7 Å². The van der Waals surface area contributed by atoms with E-state index in [2.05, 4.69) is 5.32 Å². The van der Waals surface area contributed by atoms with Crippen LogP contribution in [0.25, 0.3) is 11.1 Å². The molecule has 0 spiro atoms. The molecule has 5 rings (SSSR count). The van der Waals surface area contributed by atoms with Gasteiger partial charge in [-0.25, -0.2) is 0 Å². The molecule has 12 heteroatoms. The van der Waals surface area contributed by atoms with Gasteiger partial charge >= 0.3 is 0 Å². The summed E-state index contributed by atoms with van der Waals surface area (Å²) in [5.74, 6) is -7.67. The molecule has 0 saturated carbocycles. The van der Waals surface area contributed by atoms with Crippen LogP contribution in [0.15, 0.2) is 59.1 Å². The molecule has 0 unspecified atom stereocenters. The SMILES string of the molecule is CN(C)[C@@H]1C(O)=C(C(N)=O)C(=O)[C@]2(O)C(O)=C3C(=O)c4c(O)ccc(-c5ccc(NC(=O)CO)cc5)c4C[C@H]3C[C@H]12. The number of phenolic OH excluding ortho intramolecular Hbond substituents is 1. The number of primary amides is 1. The molecule has 0 radical (unpaired) electrons. The number of allylic oxidation sites excluding steroid dienone is 1. The number of fused-ring (bicyclic) bond motifs is 3. The lowest BCUT2D eigenvalue weighted by atomic mass is 9.58. The summed E-state index contributed by atoms with van der Waals surface area (Å²) >= 11 is 0. The van der Waals surface area contributed by atoms with Crippen LogP contribution in [0.4, 0.5) is 5.69 Å². The van der Waals surface area contributed by atoms with Crippen molar-refractivity contribution in [3.05, 3.63) is 70.2 Å². The average Bonchev–Trinajstić information content (AvgIpc) is 2.91. The fourth-order valence-corrected chi connectivity index (χ4v) is 6.45. The van der Waals surface area contributed by atoms with Crippen molar-refractivity contribution >= 4 is 29.1 Å². The third-order valence-electron chi connectivity index (χ3n) is 8.23. The van der Waals surface area contributed by atoms with Crippen LogP contribution < -0.4 is 11.1 Å². The van der Waals surface area contributed by atoms with Crippen LogP contribution >= 0.6 is 0 Å². The molecule has 4 atom stereocenters. The van der Waals surface area contributed by atoms with Crippen LogP contribution in [0.2, 0.25) is 0 Å². The monoisotopic (exact) mass is 563 g/mol. The van der Waals surface area contributed by atoms with Crippen LogP contribution in [-0.2, 0) is 20.8 Å². The van der Waals surface area contributed by atoms with Gasteiger partial charge in [-0.1, -0.05) is 18.2 Å². The van der Waals surface area contributed by atoms with Crippen molar-refractivity contribution < 1.29 is 44.7 Å². The number of anilines is 1. The number of nitrogens with zero attached hydrogens (tertiary/aromatic N) is 1. The van der Waals surface area contributed by atoms with Crippen molar-refractivity contribution in [1.29, 1.82) is 0 Å². The van der Waals surface area contributed by atoms with Gasteiger partial charge in [0, 0.05) is 17.2 Å². The number of nitrogens with two attached hydrogens (primary N) is 1. The number of hydrogen-bond acceptors (Lipinski definition) is 10. The van der Waals surface area contributed by atoms with E-state index in [-0.39, 0.29) is 29.7 Å². The third kappa shape index (κ3) is 4.10. The van der Waals surface area contributed by atoms with E-state index in [1.807, 2.05) is 0 Å². The zero-order chi connectivity index (χ0) is 30.0. The van der Waals surface area contributed by atoms with Gasteiger partial charge in [0.1, 0.15) is 29.4 Å². The van der Waals surface area contributed by atoms with E-state index in [0.29, 0.717) is 22.4 Å². The summed E-state index contributed by atoms with van der Waals surface area (Å²) in [7, 11) is 3.13. The van der Waals surface area contributed by atoms with Crippen LogP contribution in [0, 0.1) is 11.8 Å². The number of aliphatic hydroxyl groups excluding tert-OH is 3. The molecule has 41 heavy (non-hydrogen) atoms. The number of aliphatic hydroxyl groups is 4. The topological polar surface area (TPSA) is 211 Å². The number of likely N-dealkylation sites (N-methyl/N-ethyl adjacent to an activating group) is 1. The Morgan fingerprint density at radius 1 is 1.07 bits per heavy atom. The Bertz CT molecular complexity index is 1570. The number of hydrogen-bond donors (Lipinski definition) is 7. The second kappa shape index (κ2) is 9.84. The zero-order valence-electron chi connectivity index (χ0n) is 22.2. The maximum absolute atomic E-state index is 13.9. The first-order valence-corrected chi connectivity index (χ1v) is 12.8. The lowest BCUT2D eigenvalue weighted by Gasteiger charge is -2.50. The van der Waals surface area contributed by atoms with Crippen molar-refractivity contribution in [1.82, 2.24) is 4.90 Å². The summed E-state index contributed by atoms with van der Waals surface area (Å²) < 4.78 is 0. The van der Waals surface area contributed by atoms with Crippen LogP contribution in [0.5, 0.6) is 5.75 Å². The van der Waals surface area contributed by atoms with Crippen LogP contribution in [-0.4, -0.2) is 86.2 Å². The summed E-state index contributed by atoms with van der Waals surface area (Å²) in [4.78, 5) is 52.3. The standard InChI is InChI=1S/C29H29N3O9/c1-32(2)23-17-10-13-9-16-15(12-3-5-14(6-4-12)31-19(35)11-33)7-8-18(34)21(16)24(36)20(13)26(38)29(17,41)27(39)22(25(23)37)28(30)40/h3-8,13,17,23,33-34,37-38,41H,9-11H2,1-2H3,(H2,30,40)(H,31,35)/t13-,17+,23-,29+/m0/s1. The maximum atomic E-state index is 13.9. The first-order valence-electron chi connectivity index (χ1n) is 12.8. The fourth-order valence-electron chi connectivity index (χ4n) is 6.45. The number of benzene rings is 2. The first-order chi connectivity index (χ1) is 19.3. The molecular weight excluding hydrogens is 534 g/mol. The minimum Gasteiger partial charge on any atom is -0.510 e. The molecule has 0 bridgehead atoms. The number of phenols is 1. The van der Waals surface area contributed by atoms with Gasteiger partial charge in [0.2, 0.25) is 11.7 Å². The number of rotatable bonds is 5. The van der Waals surface area contributed by atoms with E-state index in [1.165, 1.54) is 11.0 Å². The lowest BCUT2D eigenvalue weighted by Crippen LogP contribution is -2.63. The first kappa shape index (κ1) is 28.0. The third-order valence-corrected chi connectivity index (χ3v) is 8.23. The molecule has 2 amide bonds. The molecule has 0 aromatic heterocycles. The second-order valence-electron chi connectivity index (χ2n) is 10.7. The van der Waals surface area contributed by atoms with Gasteiger partial charge in [-0.3, -0.25) is 24.1 Å². The number of aromatic hydroxyl groups is 1. The summed E-state index contributed by atoms with van der Waals surface area (Å²) in [5, 5.41) is 56.2. The number of Topliss-reactive ketones (excluding diaryl/α,β-unsaturated/α-hetero) is 2. The lowest BCUT2D eigenvalue weighted by molar-refractivity contribution is -0.148. The largest absolute Gasteiger partial charge is 0.510 e. The summed E-state index contributed by atoms with van der Waals surface area (Å²) in [6, 6.07) is 8.51. The maximum Gasteiger partial charge on any atom is 0.255 e. The van der Waals surface area contributed by atoms with E-state index in [4.69, 9.17) is 10.8 Å². The summed E-state index contributed by atoms with van der Waals surface area (Å²) in [6.45, 7) is -0.673. The molecule has 3 aliphatic carbocycles. The predicted octanol–water partition coefficient (Wildman–Crippen LogP) is 0.718. The van der Waals surface area contributed by atoms with Crippen molar-refractivity contribution in [3.8, 4) is 16.9 Å². The number of carbonyl (C=O) groups excluding carboxylic acids is 4. The molecule has 0 aliphatic heterocycles. The number of carbonyl (C=O) groups is 4. The molecule has 3 aliphatic rings. The summed E-state index contributed by atoms with van der Waals surface area (Å²) in [5.41, 5.74) is 3.65. The van der Waals surface area contributed by atoms with E-state index >= 15 is 0 Å². The molecule has 8 N–H and O–H groups in total. The van der Waals surface area contributed by atoms with E-state index < -0.39 is 70.6 Å². The Hall–Kier alpha value is -4.52. The zero-order valence-corrected chi connectivity index (χ0v) is 22.2. The molecule has 0 saturated heterocycles. The fraction of sp³-hybridized carbons (Fsp3) is 0.310. The van der Waals surface area contributed by atoms with Crippen molar-refractivity contribution in [3.63, 3.8) is 0 Å². The van der Waals surface area contributed by atoms with Crippen LogP contribution in [0.1, 0.15) is 22.3 Å². The van der Waals surface area contributed by atoms with Gasteiger partial charge in [0.05, 0.1) is 11.6 Å². The molecule has 0 fully saturated rings. The molecular formula is C29H29N3O9. The van der Waals surface area contributed by atoms with Gasteiger partial charge in [-0.2, -0.15) is 0 Å². The second-order valence-corrected chi connectivity index (χ2v) is 10.7. The number of amides is 2. The van der Waals surface area contributed by atoms with E-state index in [1.54, 1.807) is 44.4 Å². The number of ketones is 2. The van der Waals surface area contributed by atoms with Gasteiger partial charge in [0.25, 0.3) is 5.91 Å². The Morgan fingerprint density at radius 2 is 1.73 bits per heavy atom. The smallest absolute Gasteiger partial charge is 0.255 e. The van der Waals surface area contributed by atoms with Crippen molar-refractivity contribution in [2.45, 2.75) is 24.5 Å². The highest BCUT2D eigenvalue weighted by Crippen LogP contribution is 2.53. The minimum atomic E-state index is -2.70. The molecule has 2 aromatic carbocycles. The van der Waals surface area contributed by atoms with Crippen molar-refractivity contribution in [2.75, 3.05) is 26.0 Å². The Labute approximate surface area is 234 Å². The molecule has 0 heterocycles. The van der Waals surface area contributed by atoms with Gasteiger partial charge in [0.15, 0.2) is 11.4 Å². The Balaban J connectivity index is 1.64. The highest BCUT2D eigenvalue weighted by atomic mass is 16.3. The quantitative estimate of drug-likeness (QED) is 0.253. The highest BCUT2D eigenvalue weighted by molar-refractivity contribution is 6.25. The predicted molar refractivity (Wildman–Crippen MR) is 145 cm³/mol. The molecule has 2 aromatic rings.